The highest BCUT2D eigenvalue weighted by molar-refractivity contribution is 7.98. The van der Waals surface area contributed by atoms with Crippen molar-refractivity contribution in [1.29, 1.82) is 0 Å². The number of guanidine groups is 1. The van der Waals surface area contributed by atoms with E-state index in [1.54, 1.807) is 64.3 Å². The molecule has 3 rings (SSSR count). The minimum atomic E-state index is -1.86. The number of hydrogen-bond acceptors (Lipinski definition) is 24. The minimum absolute atomic E-state index is 0.00680. The molecular weight excluding hydrogens is 1600 g/mol. The quantitative estimate of drug-likeness (QED) is 0.0142. The molecule has 0 fully saturated rings. The summed E-state index contributed by atoms with van der Waals surface area (Å²) < 4.78 is 0. The van der Waals surface area contributed by atoms with Crippen molar-refractivity contribution >= 4 is 118 Å². The number of nitrogens with zero attached hydrogens (tertiary/aromatic N) is 1. The molecule has 42 nitrogen and oxygen atoms in total. The smallest absolute Gasteiger partial charge is 0.326 e. The van der Waals surface area contributed by atoms with E-state index < -0.39 is 218 Å². The number of primary amides is 2. The lowest BCUT2D eigenvalue weighted by Crippen LogP contribution is -2.61. The zero-order chi connectivity index (χ0) is 90.6. The van der Waals surface area contributed by atoms with Gasteiger partial charge in [0, 0.05) is 32.2 Å². The zero-order valence-electron chi connectivity index (χ0n) is 68.9. The highest BCUT2D eigenvalue weighted by atomic mass is 32.2. The number of carbonyl (C=O) groups is 17. The average molecular weight is 1720 g/mol. The first-order valence-corrected chi connectivity index (χ1v) is 40.7. The van der Waals surface area contributed by atoms with E-state index in [0.717, 1.165) is 6.92 Å². The second-order valence-electron chi connectivity index (χ2n) is 29.7. The van der Waals surface area contributed by atoms with Crippen LogP contribution < -0.4 is 109 Å². The number of aliphatic hydroxyl groups is 1. The van der Waals surface area contributed by atoms with Crippen LogP contribution in [0.1, 0.15) is 129 Å². The number of aliphatic imine (C=N–C) groups is 1. The van der Waals surface area contributed by atoms with E-state index in [9.17, 15) is 102 Å². The van der Waals surface area contributed by atoms with Crippen molar-refractivity contribution < 1.29 is 102 Å². The number of thioether (sulfide) groups is 1. The number of amides is 16. The highest BCUT2D eigenvalue weighted by Gasteiger charge is 2.37. The van der Waals surface area contributed by atoms with Crippen LogP contribution in [0.25, 0.3) is 0 Å². The molecule has 121 heavy (non-hydrogen) atoms. The van der Waals surface area contributed by atoms with E-state index in [-0.39, 0.29) is 107 Å². The van der Waals surface area contributed by atoms with Gasteiger partial charge in [0.25, 0.3) is 0 Å². The Hall–Kier alpha value is -12.3. The number of phenols is 2. The Bertz CT molecular complexity index is 4010. The fourth-order valence-electron chi connectivity index (χ4n) is 11.8. The molecule has 0 heterocycles. The molecule has 30 N–H and O–H groups in total. The van der Waals surface area contributed by atoms with E-state index >= 15 is 0 Å². The van der Waals surface area contributed by atoms with Gasteiger partial charge in [-0.3, -0.25) is 81.7 Å². The maximum Gasteiger partial charge on any atom is 0.326 e. The van der Waals surface area contributed by atoms with Crippen LogP contribution in [0.2, 0.25) is 0 Å². The van der Waals surface area contributed by atoms with Crippen molar-refractivity contribution in [2.24, 2.45) is 51.2 Å². The van der Waals surface area contributed by atoms with Crippen LogP contribution in [0.5, 0.6) is 11.5 Å². The predicted octanol–water partition coefficient (Wildman–Crippen LogP) is -6.21. The lowest BCUT2D eigenvalue weighted by Gasteiger charge is -2.28. The predicted molar refractivity (Wildman–Crippen MR) is 444 cm³/mol. The van der Waals surface area contributed by atoms with E-state index in [1.165, 1.54) is 67.2 Å². The van der Waals surface area contributed by atoms with Gasteiger partial charge < -0.3 is 129 Å². The fourth-order valence-corrected chi connectivity index (χ4v) is 12.3. The Kier molecular flexibility index (Phi) is 46.0. The first-order valence-electron chi connectivity index (χ1n) is 39.3. The number of carbonyl (C=O) groups excluding carboxylic acids is 16. The molecule has 0 unspecified atom stereocenters. The van der Waals surface area contributed by atoms with E-state index in [0.29, 0.717) is 28.9 Å². The highest BCUT2D eigenvalue weighted by Crippen LogP contribution is 2.17. The van der Waals surface area contributed by atoms with Crippen molar-refractivity contribution in [3.63, 3.8) is 0 Å². The number of carboxylic acid groups (broad SMARTS) is 1. The van der Waals surface area contributed by atoms with Crippen LogP contribution in [0.3, 0.4) is 0 Å². The Morgan fingerprint density at radius 1 is 0.413 bits per heavy atom. The molecule has 0 aliphatic heterocycles. The molecule has 0 bridgehead atoms. The monoisotopic (exact) mass is 1720 g/mol. The molecule has 0 radical (unpaired) electrons. The van der Waals surface area contributed by atoms with Gasteiger partial charge in [-0.25, -0.2) is 4.79 Å². The zero-order valence-corrected chi connectivity index (χ0v) is 69.7. The summed E-state index contributed by atoms with van der Waals surface area (Å²) in [6, 6.07) is 1.79. The molecule has 3 aromatic carbocycles. The summed E-state index contributed by atoms with van der Waals surface area (Å²) in [6.07, 6.45) is -1.74. The van der Waals surface area contributed by atoms with E-state index in [2.05, 4.69) is 79.4 Å². The average Bonchev–Trinajstić information content (AvgIpc) is 0.848. The van der Waals surface area contributed by atoms with Crippen LogP contribution in [0, 0.1) is 11.8 Å². The van der Waals surface area contributed by atoms with Crippen molar-refractivity contribution in [2.75, 3.05) is 44.7 Å². The number of nitrogens with two attached hydrogens (primary N) is 6. The summed E-state index contributed by atoms with van der Waals surface area (Å²) in [5.41, 5.74) is 35.1. The molecule has 0 saturated carbocycles. The number of aliphatic carboxylic acids is 1. The molecule has 0 saturated heterocycles. The van der Waals surface area contributed by atoms with Gasteiger partial charge in [-0.05, 0) is 143 Å². The van der Waals surface area contributed by atoms with Crippen LogP contribution in [0.15, 0.2) is 83.9 Å². The van der Waals surface area contributed by atoms with Crippen molar-refractivity contribution in [2.45, 2.75) is 210 Å². The van der Waals surface area contributed by atoms with Crippen LogP contribution in [-0.2, 0) is 101 Å². The Balaban J connectivity index is 1.79. The van der Waals surface area contributed by atoms with Crippen molar-refractivity contribution in [1.82, 2.24) is 74.4 Å². The molecule has 668 valence electrons. The summed E-state index contributed by atoms with van der Waals surface area (Å²) in [4.78, 5) is 234. The third-order valence-electron chi connectivity index (χ3n) is 18.2. The van der Waals surface area contributed by atoms with Gasteiger partial charge in [-0.15, -0.1) is 0 Å². The van der Waals surface area contributed by atoms with Crippen molar-refractivity contribution in [3.05, 3.63) is 95.6 Å². The summed E-state index contributed by atoms with van der Waals surface area (Å²) in [6.45, 7) is 6.83. The molecule has 3 aromatic rings. The second-order valence-corrected chi connectivity index (χ2v) is 30.6. The molecule has 0 aliphatic carbocycles. The summed E-state index contributed by atoms with van der Waals surface area (Å²) >= 11 is 1.42. The number of nitrogens with one attached hydrogen (secondary N) is 14. The normalized spacial score (nSPS) is 14.2. The third kappa shape index (κ3) is 40.8. The topological polar surface area (TPSA) is 708 Å². The summed E-state index contributed by atoms with van der Waals surface area (Å²) in [5, 5.41) is 75.1. The number of aromatic hydroxyl groups is 2. The lowest BCUT2D eigenvalue weighted by atomic mass is 10.00. The maximum absolute atomic E-state index is 14.3. The Morgan fingerprint density at radius 3 is 1.26 bits per heavy atom. The maximum atomic E-state index is 14.3. The van der Waals surface area contributed by atoms with Crippen molar-refractivity contribution in [3.8, 4) is 11.5 Å². The summed E-state index contributed by atoms with van der Waals surface area (Å²) in [7, 11) is 0. The minimum Gasteiger partial charge on any atom is -0.508 e. The van der Waals surface area contributed by atoms with Gasteiger partial charge in [0.15, 0.2) is 5.96 Å². The van der Waals surface area contributed by atoms with E-state index in [4.69, 9.17) is 34.4 Å². The second kappa shape index (κ2) is 54.0. The van der Waals surface area contributed by atoms with Crippen LogP contribution >= 0.6 is 11.8 Å². The van der Waals surface area contributed by atoms with Gasteiger partial charge in [0.05, 0.1) is 38.2 Å². The number of benzene rings is 3. The fraction of sp³-hybridized carbons (Fsp3) is 0.538. The lowest BCUT2D eigenvalue weighted by molar-refractivity contribution is -0.141. The standard InChI is InChI=1S/C78H119N21O21S/c1-41(2)32-54(94-66(108)43(5)89-72(114)57(35-47-20-24-49(102)25-21-47)97-75(117)58(37-61(82)104)95-67(109)50(80)28-31-121-7)73(115)93-51(16-11-12-29-79)68(110)86-39-63(106)91-53(26-27-60(81)103)69(111)87-38-62(105)90-52(17-13-30-85-78(83)84)71(113)99-65(44(6)100)76(118)98-55(33-42(3)4)74(116)96-56(34-46-18-22-48(101)23-19-46)70(112)88-40-64(107)92-59(77(119)120)36-45-14-9-8-10-15-45/h8-10,14-15,18-25,41-44,50-59,65,100-102H,11-13,16-17,26-40,79-80H2,1-7H3,(H2,81,103)(H2,82,104)(H,86,110)(H,87,111)(H,88,112)(H,89,114)(H,90,105)(H,91,106)(H,92,107)(H,93,115)(H,94,108)(H,95,109)(H,96,116)(H,97,117)(H,98,118)(H,99,113)(H,119,120)(H4,83,84,85)/t43-,44-,50-,51-,52-,53-,54-,55-,56-,57-,58-,59-,65-/m0/s1. The van der Waals surface area contributed by atoms with Crippen LogP contribution in [0.4, 0.5) is 0 Å². The SMILES string of the molecule is CSCC[C@H](N)C(=O)N[C@@H](CC(N)=O)C(=O)N[C@@H](Cc1ccc(O)cc1)C(=O)N[C@@H](C)C(=O)N[C@@H](CC(C)C)C(=O)N[C@@H](CCCCN)C(=O)NCC(=O)N[C@@H](CCC(N)=O)C(=O)NCC(=O)N[C@@H](CCCN=C(N)N)C(=O)N[C@H](C(=O)N[C@@H](CC(C)C)C(=O)N[C@@H](Cc1ccc(O)cc1)C(=O)NCC(=O)N[C@@H](Cc1ccccc1)C(=O)O)[C@H](C)O. The largest absolute Gasteiger partial charge is 0.508 e. The molecule has 16 amide bonds. The molecular formula is C78H119N21O21S. The number of unbranched alkanes of at least 4 members (excludes halogenated alkanes) is 1. The number of carboxylic acids is 1. The molecule has 0 aliphatic rings. The van der Waals surface area contributed by atoms with Crippen LogP contribution in [-0.4, -0.2) is 250 Å². The van der Waals surface area contributed by atoms with Gasteiger partial charge in [-0.2, -0.15) is 11.8 Å². The molecule has 43 heteroatoms. The van der Waals surface area contributed by atoms with Gasteiger partial charge in [0.1, 0.15) is 78.0 Å². The molecule has 13 atom stereocenters. The number of rotatable bonds is 56. The first-order chi connectivity index (χ1) is 57.1. The number of hydrogen-bond donors (Lipinski definition) is 24. The third-order valence-corrected chi connectivity index (χ3v) is 18.9. The Morgan fingerprint density at radius 2 is 0.810 bits per heavy atom. The molecule has 0 spiro atoms. The first kappa shape index (κ1) is 103. The summed E-state index contributed by atoms with van der Waals surface area (Å²) in [5.74, 6) is -17.5. The Labute approximate surface area is 704 Å². The molecule has 0 aromatic heterocycles. The number of aliphatic hydroxyl groups excluding tert-OH is 1. The van der Waals surface area contributed by atoms with Gasteiger partial charge in [0.2, 0.25) is 94.5 Å². The van der Waals surface area contributed by atoms with E-state index in [1.807, 2.05) is 0 Å². The van der Waals surface area contributed by atoms with Gasteiger partial charge >= 0.3 is 5.97 Å². The number of phenolic OH excluding ortho intramolecular Hbond substituents is 2. The van der Waals surface area contributed by atoms with Gasteiger partial charge in [-0.1, -0.05) is 82.3 Å².